The predicted octanol–water partition coefficient (Wildman–Crippen LogP) is 1.37. The zero-order chi connectivity index (χ0) is 13.0. The number of alkyl halides is 1. The summed E-state index contributed by atoms with van der Waals surface area (Å²) in [7, 11) is 2.18. The Morgan fingerprint density at radius 3 is 2.67 bits per heavy atom. The number of rotatable bonds is 5. The molecule has 0 aliphatic carbocycles. The molecule has 1 unspecified atom stereocenters. The molecule has 1 aliphatic heterocycles. The molecule has 5 nitrogen and oxygen atoms in total. The van der Waals surface area contributed by atoms with E-state index < -0.39 is 0 Å². The maximum Gasteiger partial charge on any atom is 0.0963 e. The molecule has 2 heterocycles. The van der Waals surface area contributed by atoms with Crippen molar-refractivity contribution in [3.8, 4) is 0 Å². The fourth-order valence-corrected chi connectivity index (χ4v) is 2.30. The summed E-state index contributed by atoms with van der Waals surface area (Å²) in [5.74, 6) is 0. The van der Waals surface area contributed by atoms with E-state index in [0.717, 1.165) is 38.3 Å². The van der Waals surface area contributed by atoms with E-state index in [-0.39, 0.29) is 0 Å². The summed E-state index contributed by atoms with van der Waals surface area (Å²) < 4.78 is 1.96. The van der Waals surface area contributed by atoms with E-state index in [9.17, 15) is 0 Å². The van der Waals surface area contributed by atoms with Crippen molar-refractivity contribution < 1.29 is 0 Å². The maximum absolute atomic E-state index is 4.20. The van der Waals surface area contributed by atoms with Crippen LogP contribution in [0.5, 0.6) is 0 Å². The van der Waals surface area contributed by atoms with Crippen LogP contribution in [-0.4, -0.2) is 64.6 Å². The fraction of sp³-hybridized carbons (Fsp3) is 0.833. The van der Waals surface area contributed by atoms with Gasteiger partial charge in [0.2, 0.25) is 0 Å². The molecule has 1 aliphatic rings. The molecule has 1 atom stereocenters. The van der Waals surface area contributed by atoms with Gasteiger partial charge in [-0.15, -0.1) is 5.10 Å². The lowest BCUT2D eigenvalue weighted by molar-refractivity contribution is 0.148. The van der Waals surface area contributed by atoms with E-state index in [2.05, 4.69) is 56.2 Å². The van der Waals surface area contributed by atoms with Gasteiger partial charge in [-0.3, -0.25) is 9.58 Å². The van der Waals surface area contributed by atoms with Crippen molar-refractivity contribution in [3.05, 3.63) is 11.9 Å². The average Bonchev–Trinajstić information content (AvgIpc) is 2.86. The third kappa shape index (κ3) is 3.76. The smallest absolute Gasteiger partial charge is 0.0963 e. The molecule has 1 saturated heterocycles. The number of piperazine rings is 1. The van der Waals surface area contributed by atoms with E-state index >= 15 is 0 Å². The Morgan fingerprint density at radius 1 is 1.28 bits per heavy atom. The first-order valence-electron chi connectivity index (χ1n) is 6.64. The van der Waals surface area contributed by atoms with Crippen molar-refractivity contribution >= 4 is 15.9 Å². The van der Waals surface area contributed by atoms with Gasteiger partial charge in [0.25, 0.3) is 0 Å². The van der Waals surface area contributed by atoms with Gasteiger partial charge in [0.1, 0.15) is 0 Å². The predicted molar refractivity (Wildman–Crippen MR) is 75.9 cm³/mol. The van der Waals surface area contributed by atoms with Crippen LogP contribution in [0.1, 0.15) is 23.9 Å². The maximum atomic E-state index is 4.20. The van der Waals surface area contributed by atoms with Gasteiger partial charge in [0, 0.05) is 38.9 Å². The van der Waals surface area contributed by atoms with Crippen molar-refractivity contribution in [2.24, 2.45) is 0 Å². The Hall–Kier alpha value is -0.460. The summed E-state index contributed by atoms with van der Waals surface area (Å²) in [5.41, 5.74) is 1.04. The molecule has 1 aromatic heterocycles. The Balaban J connectivity index is 1.78. The highest BCUT2D eigenvalue weighted by Gasteiger charge is 2.14. The van der Waals surface area contributed by atoms with Crippen LogP contribution >= 0.6 is 15.9 Å². The molecule has 0 spiro atoms. The molecule has 0 saturated carbocycles. The quantitative estimate of drug-likeness (QED) is 0.769. The van der Waals surface area contributed by atoms with Crippen LogP contribution in [0.25, 0.3) is 0 Å². The van der Waals surface area contributed by atoms with Gasteiger partial charge in [0.15, 0.2) is 0 Å². The molecule has 1 aromatic rings. The van der Waals surface area contributed by atoms with Crippen LogP contribution in [0.4, 0.5) is 0 Å². The van der Waals surface area contributed by atoms with E-state index in [1.807, 2.05) is 4.68 Å². The van der Waals surface area contributed by atoms with Gasteiger partial charge in [-0.25, -0.2) is 0 Å². The first-order chi connectivity index (χ1) is 8.69. The second-order valence-electron chi connectivity index (χ2n) is 4.93. The third-order valence-corrected chi connectivity index (χ3v) is 4.59. The van der Waals surface area contributed by atoms with E-state index in [4.69, 9.17) is 0 Å². The highest BCUT2D eigenvalue weighted by Crippen LogP contribution is 2.23. The molecule has 1 fully saturated rings. The summed E-state index contributed by atoms with van der Waals surface area (Å²) in [6.07, 6.45) is 3.09. The van der Waals surface area contributed by atoms with Crippen molar-refractivity contribution in [1.29, 1.82) is 0 Å². The van der Waals surface area contributed by atoms with Gasteiger partial charge in [-0.05, 0) is 13.5 Å². The summed E-state index contributed by atoms with van der Waals surface area (Å²) in [6.45, 7) is 8.80. The number of aromatic nitrogens is 3. The molecule has 18 heavy (non-hydrogen) atoms. The lowest BCUT2D eigenvalue weighted by Gasteiger charge is -2.32. The second-order valence-corrected chi connectivity index (χ2v) is 6.03. The summed E-state index contributed by atoms with van der Waals surface area (Å²) >= 11 is 3.60. The van der Waals surface area contributed by atoms with Gasteiger partial charge in [-0.1, -0.05) is 28.1 Å². The number of halogens is 1. The summed E-state index contributed by atoms with van der Waals surface area (Å²) in [6, 6.07) is 0. The van der Waals surface area contributed by atoms with E-state index in [0.29, 0.717) is 4.83 Å². The molecular weight excluding hydrogens is 294 g/mol. The van der Waals surface area contributed by atoms with Gasteiger partial charge in [0.05, 0.1) is 17.1 Å². The largest absolute Gasteiger partial charge is 0.304 e. The molecule has 6 heteroatoms. The Labute approximate surface area is 117 Å². The normalized spacial score (nSPS) is 20.2. The number of hydrogen-bond donors (Lipinski definition) is 0. The minimum atomic E-state index is 0.329. The number of likely N-dealkylation sites (N-methyl/N-ethyl adjacent to an activating group) is 1. The van der Waals surface area contributed by atoms with Crippen LogP contribution in [0, 0.1) is 0 Å². The van der Waals surface area contributed by atoms with Gasteiger partial charge >= 0.3 is 0 Å². The second kappa shape index (κ2) is 6.63. The molecule has 0 aromatic carbocycles. The molecule has 0 amide bonds. The van der Waals surface area contributed by atoms with Crippen molar-refractivity contribution in [3.63, 3.8) is 0 Å². The van der Waals surface area contributed by atoms with Crippen LogP contribution in [0.15, 0.2) is 6.20 Å². The molecular formula is C12H22BrN5. The molecule has 2 rings (SSSR count). The van der Waals surface area contributed by atoms with E-state index in [1.54, 1.807) is 0 Å². The molecule has 102 valence electrons. The lowest BCUT2D eigenvalue weighted by Crippen LogP contribution is -2.45. The third-order valence-electron chi connectivity index (χ3n) is 3.48. The first kappa shape index (κ1) is 14.0. The Morgan fingerprint density at radius 2 is 2.00 bits per heavy atom. The van der Waals surface area contributed by atoms with E-state index in [1.165, 1.54) is 13.1 Å². The topological polar surface area (TPSA) is 37.2 Å². The highest BCUT2D eigenvalue weighted by molar-refractivity contribution is 9.09. The number of hydrogen-bond acceptors (Lipinski definition) is 4. The van der Waals surface area contributed by atoms with Crippen LogP contribution < -0.4 is 0 Å². The fourth-order valence-electron chi connectivity index (χ4n) is 2.09. The van der Waals surface area contributed by atoms with Crippen molar-refractivity contribution in [2.75, 3.05) is 39.8 Å². The standard InChI is InChI=1S/C12H22BrN5/c1-3-11(13)12-10-18(15-14-12)9-8-17-6-4-16(2)5-7-17/h10-11H,3-9H2,1-2H3. The molecule has 0 N–H and O–H groups in total. The first-order valence-corrected chi connectivity index (χ1v) is 7.55. The summed E-state index contributed by atoms with van der Waals surface area (Å²) in [4.78, 5) is 5.20. The SMILES string of the molecule is CCC(Br)c1cn(CCN2CCN(C)CC2)nn1. The van der Waals surface area contributed by atoms with Crippen LogP contribution in [-0.2, 0) is 6.54 Å². The zero-order valence-electron chi connectivity index (χ0n) is 11.2. The number of nitrogens with zero attached hydrogens (tertiary/aromatic N) is 5. The lowest BCUT2D eigenvalue weighted by atomic mass is 10.3. The minimum absolute atomic E-state index is 0.329. The van der Waals surface area contributed by atoms with Crippen LogP contribution in [0.2, 0.25) is 0 Å². The monoisotopic (exact) mass is 315 g/mol. The van der Waals surface area contributed by atoms with Gasteiger partial charge < -0.3 is 4.90 Å². The van der Waals surface area contributed by atoms with Crippen LogP contribution in [0.3, 0.4) is 0 Å². The summed E-state index contributed by atoms with van der Waals surface area (Å²) in [5, 5.41) is 8.39. The Bertz CT molecular complexity index is 359. The molecule has 0 radical (unpaired) electrons. The van der Waals surface area contributed by atoms with Crippen molar-refractivity contribution in [2.45, 2.75) is 24.7 Å². The average molecular weight is 316 g/mol. The Kier molecular flexibility index (Phi) is 5.14. The zero-order valence-corrected chi connectivity index (χ0v) is 12.8. The minimum Gasteiger partial charge on any atom is -0.304 e. The van der Waals surface area contributed by atoms with Gasteiger partial charge in [-0.2, -0.15) is 0 Å². The highest BCUT2D eigenvalue weighted by atomic mass is 79.9. The van der Waals surface area contributed by atoms with Crippen molar-refractivity contribution in [1.82, 2.24) is 24.8 Å². The molecule has 0 bridgehead atoms.